The molecule has 13 heavy (non-hydrogen) atoms. The van der Waals surface area contributed by atoms with Crippen molar-refractivity contribution in [1.29, 1.82) is 0 Å². The molecule has 0 fully saturated rings. The number of ether oxygens (including phenoxy) is 2. The number of rotatable bonds is 5. The highest BCUT2D eigenvalue weighted by molar-refractivity contribution is 5.86. The predicted molar refractivity (Wildman–Crippen MR) is 41.1 cm³/mol. The fraction of sp³-hybridized carbons (Fsp3) is 0.286. The van der Waals surface area contributed by atoms with Crippen LogP contribution in [0.4, 0.5) is 0 Å². The fourth-order valence-electron chi connectivity index (χ4n) is 0.571. The number of carbonyl (C=O) groups is 2. The van der Waals surface area contributed by atoms with E-state index in [4.69, 9.17) is 5.11 Å². The van der Waals surface area contributed by atoms with E-state index in [1.165, 1.54) is 12.4 Å². The molecule has 0 amide bonds. The average molecular weight is 185 g/mol. The number of carboxylic acid groups (broad SMARTS) is 1. The second kappa shape index (κ2) is 4.36. The van der Waals surface area contributed by atoms with Crippen molar-refractivity contribution in [2.75, 3.05) is 13.2 Å². The van der Waals surface area contributed by atoms with E-state index in [1.54, 1.807) is 0 Å². The first kappa shape index (κ1) is 9.40. The summed E-state index contributed by atoms with van der Waals surface area (Å²) >= 11 is 0. The van der Waals surface area contributed by atoms with Crippen molar-refractivity contribution in [1.82, 2.24) is 0 Å². The highest BCUT2D eigenvalue weighted by atomic mass is 16.6. The summed E-state index contributed by atoms with van der Waals surface area (Å²) in [5.74, 6) is -1.42. The Morgan fingerprint density at radius 3 is 2.62 bits per heavy atom. The first-order valence-corrected chi connectivity index (χ1v) is 3.42. The number of carbonyl (C=O) groups excluding carboxylic acids is 1. The van der Waals surface area contributed by atoms with Crippen LogP contribution in [0.15, 0.2) is 17.0 Å². The van der Waals surface area contributed by atoms with Gasteiger partial charge in [-0.3, -0.25) is 4.99 Å². The molecule has 1 aliphatic rings. The lowest BCUT2D eigenvalue weighted by Gasteiger charge is -2.06. The summed E-state index contributed by atoms with van der Waals surface area (Å²) in [5, 5.41) is 8.16. The topological polar surface area (TPSA) is 85.2 Å². The third kappa shape index (κ3) is 3.48. The quantitative estimate of drug-likeness (QED) is 0.586. The van der Waals surface area contributed by atoms with Crippen LogP contribution in [0.3, 0.4) is 0 Å². The third-order valence-corrected chi connectivity index (χ3v) is 1.08. The molecule has 1 rings (SSSR count). The number of aliphatic carboxylic acids is 1. The number of hydrogen-bond acceptors (Lipinski definition) is 5. The second-order valence-corrected chi connectivity index (χ2v) is 2.17. The van der Waals surface area contributed by atoms with E-state index in [1.807, 2.05) is 0 Å². The molecular weight excluding hydrogens is 178 g/mol. The molecule has 0 spiro atoms. The van der Waals surface area contributed by atoms with Gasteiger partial charge in [0.2, 0.25) is 0 Å². The maximum atomic E-state index is 10.8. The van der Waals surface area contributed by atoms with Gasteiger partial charge in [-0.25, -0.2) is 9.59 Å². The molecule has 0 unspecified atom stereocenters. The van der Waals surface area contributed by atoms with Gasteiger partial charge >= 0.3 is 11.9 Å². The van der Waals surface area contributed by atoms with Crippen LogP contribution < -0.4 is 0 Å². The van der Waals surface area contributed by atoms with Gasteiger partial charge in [0.15, 0.2) is 5.76 Å². The molecule has 0 bridgehead atoms. The summed E-state index contributed by atoms with van der Waals surface area (Å²) in [5.41, 5.74) is 0. The Balaban J connectivity index is 2.07. The van der Waals surface area contributed by atoms with Gasteiger partial charge in [-0.1, -0.05) is 0 Å². The maximum Gasteiger partial charge on any atom is 0.337 e. The van der Waals surface area contributed by atoms with Crippen molar-refractivity contribution in [2.24, 2.45) is 4.99 Å². The Bertz CT molecular complexity index is 281. The summed E-state index contributed by atoms with van der Waals surface area (Å²) in [6.45, 7) is -0.889. The van der Waals surface area contributed by atoms with Gasteiger partial charge in [0.1, 0.15) is 13.2 Å². The molecule has 0 saturated carbocycles. The monoisotopic (exact) mass is 185 g/mol. The maximum absolute atomic E-state index is 10.8. The number of allylic oxidation sites excluding steroid dienone is 1. The second-order valence-electron chi connectivity index (χ2n) is 2.17. The highest BCUT2D eigenvalue weighted by Crippen LogP contribution is 2.02. The zero-order valence-electron chi connectivity index (χ0n) is 6.60. The van der Waals surface area contributed by atoms with Crippen molar-refractivity contribution in [3.05, 3.63) is 12.0 Å². The van der Waals surface area contributed by atoms with Crippen molar-refractivity contribution in [3.63, 3.8) is 0 Å². The largest absolute Gasteiger partial charge is 0.480 e. The molecule has 0 aromatic carbocycles. The normalized spacial score (nSPS) is 13.1. The molecule has 1 aliphatic heterocycles. The summed E-state index contributed by atoms with van der Waals surface area (Å²) in [7, 11) is 0. The van der Waals surface area contributed by atoms with Gasteiger partial charge in [-0.15, -0.1) is 0 Å². The van der Waals surface area contributed by atoms with Crippen molar-refractivity contribution in [2.45, 2.75) is 0 Å². The lowest BCUT2D eigenvalue weighted by molar-refractivity contribution is -0.149. The Morgan fingerprint density at radius 2 is 2.15 bits per heavy atom. The van der Waals surface area contributed by atoms with Crippen molar-refractivity contribution >= 4 is 18.2 Å². The van der Waals surface area contributed by atoms with Crippen LogP contribution >= 0.6 is 0 Å². The van der Waals surface area contributed by atoms with Crippen LogP contribution in [-0.2, 0) is 19.1 Å². The Kier molecular flexibility index (Phi) is 3.15. The average Bonchev–Trinajstić information content (AvgIpc) is 1.96. The SMILES string of the molecule is O=C(O)COCC(=O)OC1=CN=C1. The molecule has 0 aliphatic carbocycles. The van der Waals surface area contributed by atoms with Gasteiger partial charge in [-0.05, 0) is 0 Å². The van der Waals surface area contributed by atoms with Crippen LogP contribution in [0.25, 0.3) is 0 Å². The summed E-state index contributed by atoms with van der Waals surface area (Å²) < 4.78 is 9.10. The van der Waals surface area contributed by atoms with E-state index in [9.17, 15) is 9.59 Å². The van der Waals surface area contributed by atoms with Gasteiger partial charge in [0.05, 0.1) is 12.4 Å². The molecule has 1 N–H and O–H groups in total. The molecule has 0 saturated heterocycles. The minimum atomic E-state index is -1.13. The van der Waals surface area contributed by atoms with Crippen LogP contribution in [0.2, 0.25) is 0 Å². The molecule has 0 aromatic heterocycles. The molecule has 0 aromatic rings. The van der Waals surface area contributed by atoms with Crippen LogP contribution in [0, 0.1) is 0 Å². The van der Waals surface area contributed by atoms with Gasteiger partial charge < -0.3 is 14.6 Å². The van der Waals surface area contributed by atoms with E-state index >= 15 is 0 Å². The van der Waals surface area contributed by atoms with Crippen molar-refractivity contribution < 1.29 is 24.2 Å². The predicted octanol–water partition coefficient (Wildman–Crippen LogP) is -0.443. The van der Waals surface area contributed by atoms with Crippen LogP contribution in [0.5, 0.6) is 0 Å². The Hall–Kier alpha value is -1.69. The zero-order valence-corrected chi connectivity index (χ0v) is 6.60. The lowest BCUT2D eigenvalue weighted by Crippen LogP contribution is -2.17. The number of nitrogens with zero attached hydrogens (tertiary/aromatic N) is 1. The number of aliphatic imine (C=N–C) groups is 1. The van der Waals surface area contributed by atoms with Gasteiger partial charge in [0, 0.05) is 0 Å². The minimum absolute atomic E-state index is 0.351. The molecule has 0 atom stereocenters. The first-order valence-electron chi connectivity index (χ1n) is 3.42. The van der Waals surface area contributed by atoms with Crippen LogP contribution in [0.1, 0.15) is 0 Å². The van der Waals surface area contributed by atoms with Gasteiger partial charge in [0.25, 0.3) is 0 Å². The Morgan fingerprint density at radius 1 is 1.46 bits per heavy atom. The first-order chi connectivity index (χ1) is 6.18. The van der Waals surface area contributed by atoms with Crippen LogP contribution in [-0.4, -0.2) is 36.5 Å². The number of hydrogen-bond donors (Lipinski definition) is 1. The minimum Gasteiger partial charge on any atom is -0.480 e. The van der Waals surface area contributed by atoms with E-state index in [2.05, 4.69) is 14.5 Å². The summed E-state index contributed by atoms with van der Waals surface area (Å²) in [4.78, 5) is 24.3. The smallest absolute Gasteiger partial charge is 0.337 e. The number of esters is 1. The summed E-state index contributed by atoms with van der Waals surface area (Å²) in [6.07, 6.45) is 2.74. The third-order valence-electron chi connectivity index (χ3n) is 1.08. The lowest BCUT2D eigenvalue weighted by atomic mass is 10.5. The summed E-state index contributed by atoms with van der Waals surface area (Å²) in [6, 6.07) is 0. The van der Waals surface area contributed by atoms with E-state index in [-0.39, 0.29) is 6.61 Å². The van der Waals surface area contributed by atoms with Crippen molar-refractivity contribution in [3.8, 4) is 0 Å². The molecule has 70 valence electrons. The highest BCUT2D eigenvalue weighted by Gasteiger charge is 2.09. The van der Waals surface area contributed by atoms with E-state index in [0.29, 0.717) is 5.76 Å². The molecule has 0 radical (unpaired) electrons. The molecular formula is C7H7NO5. The fourth-order valence-corrected chi connectivity index (χ4v) is 0.571. The van der Waals surface area contributed by atoms with E-state index < -0.39 is 18.5 Å². The van der Waals surface area contributed by atoms with E-state index in [0.717, 1.165) is 0 Å². The molecule has 1 heterocycles. The number of carboxylic acids is 1. The standard InChI is InChI=1S/C7H7NO5/c9-6(10)3-12-4-7(11)13-5-1-8-2-5/h1-2H,3-4H2,(H,9,10). The Labute approximate surface area is 73.5 Å². The van der Waals surface area contributed by atoms with Gasteiger partial charge in [-0.2, -0.15) is 0 Å². The molecule has 6 heteroatoms. The molecule has 6 nitrogen and oxygen atoms in total. The zero-order chi connectivity index (χ0) is 9.68.